The van der Waals surface area contributed by atoms with Crippen molar-refractivity contribution in [3.05, 3.63) is 29.3 Å². The molecular formula is C21H25FN10O8P2S. The van der Waals surface area contributed by atoms with Gasteiger partial charge in [-0.15, -0.1) is 0 Å². The Bertz CT molecular complexity index is 1840. The van der Waals surface area contributed by atoms with Crippen molar-refractivity contribution in [2.24, 2.45) is 11.8 Å². The van der Waals surface area contributed by atoms with Crippen molar-refractivity contribution < 1.29 is 36.4 Å². The third-order valence-electron chi connectivity index (χ3n) is 7.86. The van der Waals surface area contributed by atoms with E-state index in [1.54, 1.807) is 4.57 Å². The molecule has 5 N–H and O–H groups in total. The summed E-state index contributed by atoms with van der Waals surface area (Å²) in [6.07, 6.45) is -1.41. The predicted octanol–water partition coefficient (Wildman–Crippen LogP) is 1.41. The summed E-state index contributed by atoms with van der Waals surface area (Å²) in [7, 11) is -3.24. The maximum Gasteiger partial charge on any atom is 0.386 e. The van der Waals surface area contributed by atoms with Crippen LogP contribution in [0.25, 0.3) is 22.3 Å². The Kier molecular flexibility index (Phi) is 7.29. The molecule has 0 spiro atoms. The Hall–Kier alpha value is -2.96. The Morgan fingerprint density at radius 2 is 1.84 bits per heavy atom. The number of alkyl halides is 1. The van der Waals surface area contributed by atoms with Gasteiger partial charge in [0.2, 0.25) is 5.95 Å². The molecule has 18 nitrogen and oxygen atoms in total. The number of imidazole rings is 2. The summed E-state index contributed by atoms with van der Waals surface area (Å²) in [5, 5.41) is 0. The summed E-state index contributed by atoms with van der Waals surface area (Å²) in [4.78, 5) is 35.1. The van der Waals surface area contributed by atoms with Gasteiger partial charge in [-0.2, -0.15) is 4.98 Å². The molecule has 2 saturated heterocycles. The zero-order valence-electron chi connectivity index (χ0n) is 21.9. The maximum atomic E-state index is 15.9. The van der Waals surface area contributed by atoms with Gasteiger partial charge in [-0.1, -0.05) is 12.2 Å². The van der Waals surface area contributed by atoms with Crippen LogP contribution in [0.4, 0.5) is 16.2 Å². The first kappa shape index (κ1) is 28.8. The number of nitrogens with zero attached hydrogens (tertiary/aromatic N) is 7. The molecule has 1 unspecified atom stereocenters. The number of ether oxygens (including phenoxy) is 1. The number of aromatic nitrogens is 8. The first-order valence-corrected chi connectivity index (χ1v) is 16.9. The molecule has 6 heterocycles. The Morgan fingerprint density at radius 1 is 1.07 bits per heavy atom. The van der Waals surface area contributed by atoms with Crippen LogP contribution in [0.2, 0.25) is 0 Å². The summed E-state index contributed by atoms with van der Waals surface area (Å²) < 4.78 is 73.0. The van der Waals surface area contributed by atoms with E-state index in [2.05, 4.69) is 42.2 Å². The molecule has 7 rings (SSSR count). The normalized spacial score (nSPS) is 35.4. The molecule has 3 fully saturated rings. The Labute approximate surface area is 246 Å². The van der Waals surface area contributed by atoms with E-state index in [1.807, 2.05) is 0 Å². The van der Waals surface area contributed by atoms with E-state index in [9.17, 15) is 13.9 Å². The monoisotopic (exact) mass is 658 g/mol. The molecule has 3 aliphatic rings. The number of anilines is 2. The number of nitrogen functional groups attached to an aromatic ring is 2. The van der Waals surface area contributed by atoms with Crippen molar-refractivity contribution in [2.75, 3.05) is 31.3 Å². The number of fused-ring (bicyclic) bond motifs is 4. The first-order chi connectivity index (χ1) is 20.6. The van der Waals surface area contributed by atoms with Crippen molar-refractivity contribution in [3.8, 4) is 0 Å². The van der Waals surface area contributed by atoms with Crippen LogP contribution < -0.4 is 17.0 Å². The number of H-pyrrole nitrogens is 1. The molecule has 1 saturated carbocycles. The minimum Gasteiger partial charge on any atom is -0.382 e. The van der Waals surface area contributed by atoms with Gasteiger partial charge in [0.1, 0.15) is 24.1 Å². The molecular weight excluding hydrogens is 633 g/mol. The van der Waals surface area contributed by atoms with Crippen LogP contribution in [0.15, 0.2) is 23.8 Å². The molecule has 2 aliphatic heterocycles. The topological polar surface area (TPSA) is 239 Å². The third-order valence-corrected chi connectivity index (χ3v) is 10.4. The van der Waals surface area contributed by atoms with Crippen molar-refractivity contribution in [3.63, 3.8) is 0 Å². The summed E-state index contributed by atoms with van der Waals surface area (Å²) in [6, 6.07) is -0.310. The number of halogens is 1. The minimum atomic E-state index is -4.01. The van der Waals surface area contributed by atoms with Crippen LogP contribution in [0, 0.1) is 11.8 Å². The van der Waals surface area contributed by atoms with E-state index < -0.39 is 51.8 Å². The fraction of sp³-hybridized carbons (Fsp3) is 0.524. The molecule has 22 heteroatoms. The lowest BCUT2D eigenvalue weighted by Crippen LogP contribution is -2.43. The molecule has 0 amide bonds. The highest BCUT2D eigenvalue weighted by Crippen LogP contribution is 2.57. The molecule has 1 aliphatic carbocycles. The average molecular weight is 659 g/mol. The van der Waals surface area contributed by atoms with Gasteiger partial charge in [-0.3, -0.25) is 23.4 Å². The zero-order chi connectivity index (χ0) is 30.0. The smallest absolute Gasteiger partial charge is 0.382 e. The quantitative estimate of drug-likeness (QED) is 0.176. The maximum absolute atomic E-state index is 15.9. The number of nitrogens with one attached hydrogen (secondary N) is 1. The van der Waals surface area contributed by atoms with E-state index in [4.69, 9.17) is 34.3 Å². The number of hydrogen-bond acceptors (Lipinski definition) is 15. The molecule has 230 valence electrons. The van der Waals surface area contributed by atoms with Crippen LogP contribution in [-0.2, 0) is 32.0 Å². The van der Waals surface area contributed by atoms with E-state index in [1.165, 1.54) is 23.5 Å². The first-order valence-electron chi connectivity index (χ1n) is 13.0. The highest BCUT2D eigenvalue weighted by molar-refractivity contribution is 8.44. The molecule has 4 aromatic rings. The van der Waals surface area contributed by atoms with Gasteiger partial charge in [-0.25, -0.2) is 28.9 Å². The van der Waals surface area contributed by atoms with Gasteiger partial charge in [0.25, 0.3) is 5.56 Å². The molecule has 9 atom stereocenters. The van der Waals surface area contributed by atoms with Gasteiger partial charge in [-0.05, 0) is 12.3 Å². The van der Waals surface area contributed by atoms with Gasteiger partial charge in [0.15, 0.2) is 35.0 Å². The van der Waals surface area contributed by atoms with Crippen LogP contribution >= 0.6 is 27.3 Å². The minimum absolute atomic E-state index is 0.0379. The zero-order valence-corrected chi connectivity index (χ0v) is 24.7. The molecule has 4 aromatic heterocycles. The second-order valence-corrected chi connectivity index (χ2v) is 14.2. The third kappa shape index (κ3) is 5.14. The summed E-state index contributed by atoms with van der Waals surface area (Å²) in [6.45, 7) is -4.62. The SMILES string of the molecule is Nc1nc2c(ncn2[C@@H]2C[C@@H]3CO[PH](=O)O[C@H]4[C@@H](F)[C@H](n5cnc6c(N)ncnc65)O[C@@H]4CO[P@](=O)(S)OC[C@H]32)c(=O)[nH]1. The van der Waals surface area contributed by atoms with Gasteiger partial charge in [0, 0.05) is 12.0 Å². The van der Waals surface area contributed by atoms with Gasteiger partial charge >= 0.3 is 15.1 Å². The van der Waals surface area contributed by atoms with Crippen LogP contribution in [0.5, 0.6) is 0 Å². The van der Waals surface area contributed by atoms with E-state index in [0.717, 1.165) is 0 Å². The number of rotatable bonds is 2. The Balaban J connectivity index is 1.12. The predicted molar refractivity (Wildman–Crippen MR) is 150 cm³/mol. The van der Waals surface area contributed by atoms with Crippen molar-refractivity contribution in [1.82, 2.24) is 39.0 Å². The highest BCUT2D eigenvalue weighted by atomic mass is 32.7. The lowest BCUT2D eigenvalue weighted by atomic mass is 9.70. The average Bonchev–Trinajstić information content (AvgIpc) is 3.64. The fourth-order valence-electron chi connectivity index (χ4n) is 5.68. The number of thiol groups is 1. The number of nitrogens with two attached hydrogens (primary N) is 2. The van der Waals surface area contributed by atoms with Crippen molar-refractivity contribution in [2.45, 2.75) is 37.1 Å². The highest BCUT2D eigenvalue weighted by Gasteiger charge is 2.50. The lowest BCUT2D eigenvalue weighted by Gasteiger charge is -2.45. The van der Waals surface area contributed by atoms with Gasteiger partial charge in [0.05, 0.1) is 32.5 Å². The molecule has 0 radical (unpaired) electrons. The fourth-order valence-corrected chi connectivity index (χ4v) is 7.77. The van der Waals surface area contributed by atoms with Crippen molar-refractivity contribution >= 4 is 61.4 Å². The molecule has 43 heavy (non-hydrogen) atoms. The second-order valence-electron chi connectivity index (χ2n) is 10.3. The van der Waals surface area contributed by atoms with Crippen molar-refractivity contribution in [1.29, 1.82) is 0 Å². The number of hydrogen-bond donors (Lipinski definition) is 4. The number of aromatic amines is 1. The molecule has 0 aromatic carbocycles. The second kappa shape index (κ2) is 10.9. The summed E-state index contributed by atoms with van der Waals surface area (Å²) >= 11 is 4.10. The van der Waals surface area contributed by atoms with E-state index in [0.29, 0.717) is 6.42 Å². The standard InChI is InChI=1S/C21H25FN10O8P2S/c22-12-15-11(39-20(12)32-7-27-13-16(23)25-5-26-17(13)32)4-38-42(35,43)37-3-9-8(2-36-41(34)40-15)1-10(9)31-6-28-14-18(31)29-21(24)30-19(14)33/h5-12,15,20,41H,1-4H2,(H,35,43)(H2,23,25,26)(H3,24,29,30,33)/t8-,9-,10-,11-,12-,15-,20-,42-/m1/s1. The van der Waals surface area contributed by atoms with Crippen LogP contribution in [-0.4, -0.2) is 77.2 Å². The van der Waals surface area contributed by atoms with E-state index >= 15 is 4.39 Å². The molecule has 0 bridgehead atoms. The summed E-state index contributed by atoms with van der Waals surface area (Å²) in [5.74, 6) is -0.594. The van der Waals surface area contributed by atoms with E-state index in [-0.39, 0.29) is 65.2 Å². The van der Waals surface area contributed by atoms with Gasteiger partial charge < -0.3 is 34.3 Å². The van der Waals surface area contributed by atoms with Crippen LogP contribution in [0.3, 0.4) is 0 Å². The largest absolute Gasteiger partial charge is 0.386 e. The lowest BCUT2D eigenvalue weighted by molar-refractivity contribution is -0.0407. The Morgan fingerprint density at radius 3 is 2.67 bits per heavy atom. The summed E-state index contributed by atoms with van der Waals surface area (Å²) in [5.41, 5.74) is 11.9. The van der Waals surface area contributed by atoms with Crippen LogP contribution in [0.1, 0.15) is 18.7 Å².